The lowest BCUT2D eigenvalue weighted by Gasteiger charge is -2.44. The van der Waals surface area contributed by atoms with E-state index in [-0.39, 0.29) is 36.2 Å². The topological polar surface area (TPSA) is 163 Å². The van der Waals surface area contributed by atoms with E-state index in [1.165, 1.54) is 12.2 Å². The number of hydrogen-bond donors (Lipinski definition) is 2. The Morgan fingerprint density at radius 3 is 2.22 bits per heavy atom. The summed E-state index contributed by atoms with van der Waals surface area (Å²) in [5.74, 6) is -0.587. The molecule has 4 rings (SSSR count). The first-order valence-electron chi connectivity index (χ1n) is 22.7. The molecule has 3 aromatic rings. The molecule has 0 saturated heterocycles. The molecule has 0 aliphatic carbocycles. The SMILES string of the molecule is CCC(COC(C)(C)CCNC(=O)CCN1C(=O)C=CC1=O)CC(=O)NCCC(C)CCOCCC(C)(C)n1cc(Cn2c([Si](F)(C(C)(C)C)C(C)(C)C)cc3cccnc32)nn1. The van der Waals surface area contributed by atoms with Crippen LogP contribution in [0.4, 0.5) is 4.11 Å². The average molecular weight is 895 g/mol. The molecular weight excluding hydrogens is 820 g/mol. The van der Waals surface area contributed by atoms with Gasteiger partial charge in [0.15, 0.2) is 0 Å². The molecule has 16 heteroatoms. The van der Waals surface area contributed by atoms with Gasteiger partial charge in [-0.25, -0.2) is 9.67 Å². The number of fused-ring (bicyclic) bond motifs is 1. The molecule has 350 valence electrons. The van der Waals surface area contributed by atoms with Crippen molar-refractivity contribution in [2.75, 3.05) is 39.5 Å². The third kappa shape index (κ3) is 13.9. The fourth-order valence-corrected chi connectivity index (χ4v) is 12.9. The number of nitrogens with one attached hydrogen (secondary N) is 2. The monoisotopic (exact) mass is 895 g/mol. The summed E-state index contributed by atoms with van der Waals surface area (Å²) in [4.78, 5) is 54.1. The van der Waals surface area contributed by atoms with Crippen LogP contribution in [0.3, 0.4) is 0 Å². The minimum atomic E-state index is -3.61. The number of ether oxygens (including phenoxy) is 2. The summed E-state index contributed by atoms with van der Waals surface area (Å²) in [5, 5.41) is 15.5. The summed E-state index contributed by atoms with van der Waals surface area (Å²) >= 11 is 0. The number of nitrogens with zero attached hydrogens (tertiary/aromatic N) is 6. The maximum atomic E-state index is 17.7. The molecule has 0 fully saturated rings. The zero-order valence-electron chi connectivity index (χ0n) is 40.1. The summed E-state index contributed by atoms with van der Waals surface area (Å²) in [7, 11) is -3.61. The smallest absolute Gasteiger partial charge is 0.304 e. The lowest BCUT2D eigenvalue weighted by atomic mass is 10.0. The zero-order valence-corrected chi connectivity index (χ0v) is 41.1. The van der Waals surface area contributed by atoms with Crippen LogP contribution in [0.15, 0.2) is 42.7 Å². The Labute approximate surface area is 375 Å². The van der Waals surface area contributed by atoms with Crippen molar-refractivity contribution in [3.05, 3.63) is 48.4 Å². The summed E-state index contributed by atoms with van der Waals surface area (Å²) < 4.78 is 33.8. The highest BCUT2D eigenvalue weighted by Crippen LogP contribution is 2.51. The van der Waals surface area contributed by atoms with Gasteiger partial charge in [-0.1, -0.05) is 67.0 Å². The van der Waals surface area contributed by atoms with Crippen molar-refractivity contribution in [2.45, 2.75) is 156 Å². The first-order valence-corrected chi connectivity index (χ1v) is 24.6. The molecule has 0 saturated carbocycles. The second kappa shape index (κ2) is 21.6. The summed E-state index contributed by atoms with van der Waals surface area (Å²) in [6.45, 7) is 27.5. The van der Waals surface area contributed by atoms with E-state index in [1.54, 1.807) is 6.20 Å². The van der Waals surface area contributed by atoms with Crippen LogP contribution in [0.1, 0.15) is 134 Å². The Bertz CT molecular complexity index is 2020. The minimum absolute atomic E-state index is 0.00800. The van der Waals surface area contributed by atoms with Crippen LogP contribution in [0, 0.1) is 11.8 Å². The van der Waals surface area contributed by atoms with Crippen molar-refractivity contribution in [3.63, 3.8) is 0 Å². The van der Waals surface area contributed by atoms with E-state index in [0.717, 1.165) is 52.6 Å². The number of pyridine rings is 1. The van der Waals surface area contributed by atoms with Crippen molar-refractivity contribution >= 4 is 48.4 Å². The molecule has 0 aromatic carbocycles. The second-order valence-corrected chi connectivity index (χ2v) is 25.4. The van der Waals surface area contributed by atoms with Crippen LogP contribution >= 0.6 is 0 Å². The molecule has 2 atom stereocenters. The summed E-state index contributed by atoms with van der Waals surface area (Å²) in [6.07, 6.45) is 10.4. The lowest BCUT2D eigenvalue weighted by molar-refractivity contribution is -0.137. The van der Waals surface area contributed by atoms with Crippen LogP contribution in [-0.4, -0.2) is 107 Å². The first-order chi connectivity index (χ1) is 29.4. The maximum absolute atomic E-state index is 17.7. The molecule has 4 amide bonds. The zero-order chi connectivity index (χ0) is 46.8. The second-order valence-electron chi connectivity index (χ2n) is 20.6. The quantitative estimate of drug-likeness (QED) is 0.0391. The molecule has 14 nitrogen and oxygen atoms in total. The van der Waals surface area contributed by atoms with Gasteiger partial charge >= 0.3 is 8.41 Å². The van der Waals surface area contributed by atoms with Crippen LogP contribution in [0.25, 0.3) is 11.0 Å². The Balaban J connectivity index is 1.14. The van der Waals surface area contributed by atoms with Gasteiger partial charge in [0.25, 0.3) is 11.8 Å². The van der Waals surface area contributed by atoms with E-state index in [2.05, 4.69) is 46.7 Å². The van der Waals surface area contributed by atoms with E-state index in [0.29, 0.717) is 58.2 Å². The lowest BCUT2D eigenvalue weighted by Crippen LogP contribution is -2.60. The van der Waals surface area contributed by atoms with Crippen LogP contribution in [-0.2, 0) is 40.7 Å². The number of carbonyl (C=O) groups excluding carboxylic acids is 4. The molecule has 0 bridgehead atoms. The summed E-state index contributed by atoms with van der Waals surface area (Å²) in [5.41, 5.74) is 0.635. The van der Waals surface area contributed by atoms with E-state index in [4.69, 9.17) is 9.47 Å². The van der Waals surface area contributed by atoms with Crippen LogP contribution < -0.4 is 16.0 Å². The average Bonchev–Trinajstić information content (AvgIpc) is 3.91. The highest BCUT2D eigenvalue weighted by molar-refractivity contribution is 6.90. The van der Waals surface area contributed by atoms with Crippen LogP contribution in [0.5, 0.6) is 0 Å². The molecule has 2 N–H and O–H groups in total. The molecule has 3 aromatic heterocycles. The number of amides is 4. The minimum Gasteiger partial charge on any atom is -0.381 e. The molecular formula is C47H75FN8O6Si. The van der Waals surface area contributed by atoms with Crippen molar-refractivity contribution in [3.8, 4) is 0 Å². The molecule has 1 aliphatic heterocycles. The number of carbonyl (C=O) groups is 4. The van der Waals surface area contributed by atoms with Crippen molar-refractivity contribution < 1.29 is 32.8 Å². The summed E-state index contributed by atoms with van der Waals surface area (Å²) in [6, 6.07) is 5.89. The highest BCUT2D eigenvalue weighted by atomic mass is 28.4. The molecule has 1 aliphatic rings. The standard InChI is InChI=1S/C47H75FN8O6Si/c1-13-35(33-62-47(11,12)21-25-50-38(57)19-26-54-40(59)16-17-41(54)60)29-39(58)49-24-18-34(2)20-27-61-28-22-46(9,10)56-32-37(52-53-56)31-55-42(30-36-15-14-23-51-43(36)55)63(48,44(3,4)5)45(6,7)8/h14-17,23,30,32,34-35H,13,18-22,24-29,31,33H2,1-12H3,(H,49,58)(H,50,57). The van der Waals surface area contributed by atoms with E-state index in [9.17, 15) is 19.2 Å². The third-order valence-corrected chi connectivity index (χ3v) is 17.7. The molecule has 0 radical (unpaired) electrons. The third-order valence-electron chi connectivity index (χ3n) is 12.4. The van der Waals surface area contributed by atoms with Gasteiger partial charge in [-0.3, -0.25) is 24.1 Å². The van der Waals surface area contributed by atoms with Gasteiger partial charge in [-0.2, -0.15) is 0 Å². The van der Waals surface area contributed by atoms with E-state index in [1.807, 2.05) is 96.0 Å². The highest BCUT2D eigenvalue weighted by Gasteiger charge is 2.58. The number of halogens is 1. The Morgan fingerprint density at radius 2 is 1.57 bits per heavy atom. The fourth-order valence-electron chi connectivity index (χ4n) is 8.21. The van der Waals surface area contributed by atoms with Gasteiger partial charge in [0.2, 0.25) is 11.8 Å². The Kier molecular flexibility index (Phi) is 17.6. The van der Waals surface area contributed by atoms with E-state index < -0.39 is 35.9 Å². The molecule has 0 spiro atoms. The van der Waals surface area contributed by atoms with Gasteiger partial charge < -0.3 is 28.8 Å². The van der Waals surface area contributed by atoms with Crippen molar-refractivity contribution in [1.82, 2.24) is 40.1 Å². The maximum Gasteiger partial charge on any atom is 0.304 e. The number of hydrogen-bond acceptors (Lipinski definition) is 9. The normalized spacial score (nSPS) is 15.1. The van der Waals surface area contributed by atoms with Crippen molar-refractivity contribution in [1.29, 1.82) is 0 Å². The first kappa shape index (κ1) is 51.4. The fraction of sp³-hybridized carbons (Fsp3) is 0.681. The van der Waals surface area contributed by atoms with Gasteiger partial charge in [0.05, 0.1) is 30.5 Å². The molecule has 4 heterocycles. The number of rotatable bonds is 25. The van der Waals surface area contributed by atoms with Gasteiger partial charge in [-0.15, -0.1) is 5.10 Å². The van der Waals surface area contributed by atoms with Crippen LogP contribution in [0.2, 0.25) is 10.1 Å². The Morgan fingerprint density at radius 1 is 0.905 bits per heavy atom. The van der Waals surface area contributed by atoms with Gasteiger partial charge in [-0.05, 0) is 93.5 Å². The number of imide groups is 1. The molecule has 2 unspecified atom stereocenters. The largest absolute Gasteiger partial charge is 0.381 e. The predicted octanol–water partition coefficient (Wildman–Crippen LogP) is 7.11. The molecule has 63 heavy (non-hydrogen) atoms. The number of aromatic nitrogens is 5. The van der Waals surface area contributed by atoms with Gasteiger partial charge in [0, 0.05) is 74.7 Å². The van der Waals surface area contributed by atoms with E-state index >= 15 is 4.11 Å². The van der Waals surface area contributed by atoms with Gasteiger partial charge in [0.1, 0.15) is 11.3 Å². The predicted molar refractivity (Wildman–Crippen MR) is 247 cm³/mol. The van der Waals surface area contributed by atoms with Crippen molar-refractivity contribution in [2.24, 2.45) is 11.8 Å². The Hall–Kier alpha value is -4.28.